The summed E-state index contributed by atoms with van der Waals surface area (Å²) in [6.07, 6.45) is 11.1. The largest absolute Gasteiger partial charge is 0.500 e. The highest BCUT2D eigenvalue weighted by Gasteiger charge is 2.37. The minimum absolute atomic E-state index is 0.129. The summed E-state index contributed by atoms with van der Waals surface area (Å²) in [4.78, 5) is 4.06. The Morgan fingerprint density at radius 3 is 1.02 bits per heavy atom. The molecule has 0 rings (SSSR count). The first kappa shape index (κ1) is 57.7. The van der Waals surface area contributed by atoms with Gasteiger partial charge >= 0.3 is 8.80 Å². The molecule has 0 aliphatic heterocycles. The molecule has 0 bridgehead atoms. The number of hydrogen-bond donors (Lipinski definition) is 4. The highest BCUT2D eigenvalue weighted by molar-refractivity contribution is 6.60. The lowest BCUT2D eigenvalue weighted by molar-refractivity contribution is -0.0307. The van der Waals surface area contributed by atoms with Crippen LogP contribution in [0.25, 0.3) is 0 Å². The molecule has 0 saturated carbocycles. The van der Waals surface area contributed by atoms with Crippen LogP contribution in [0, 0.1) is 17.8 Å². The molecule has 0 radical (unpaired) electrons. The van der Waals surface area contributed by atoms with Crippen LogP contribution in [0.2, 0.25) is 6.04 Å². The van der Waals surface area contributed by atoms with Crippen LogP contribution in [0.5, 0.6) is 0 Å². The third kappa shape index (κ3) is 29.9. The van der Waals surface area contributed by atoms with Crippen molar-refractivity contribution in [3.05, 3.63) is 0 Å². The van der Waals surface area contributed by atoms with E-state index in [-0.39, 0.29) is 33.0 Å². The first-order valence-electron chi connectivity index (χ1n) is 23.1. The highest BCUT2D eigenvalue weighted by Crippen LogP contribution is 2.17. The molecule has 7 atom stereocenters. The van der Waals surface area contributed by atoms with Crippen molar-refractivity contribution in [1.82, 2.24) is 9.80 Å². The smallest absolute Gasteiger partial charge is 0.389 e. The second-order valence-electron chi connectivity index (χ2n) is 16.5. The summed E-state index contributed by atoms with van der Waals surface area (Å²) in [6.45, 7) is 18.4. The number of hydrogen-bond acceptors (Lipinski definition) is 13. The van der Waals surface area contributed by atoms with Gasteiger partial charge in [-0.25, -0.2) is 0 Å². The lowest BCUT2D eigenvalue weighted by Gasteiger charge is -2.32. The van der Waals surface area contributed by atoms with Gasteiger partial charge in [-0.15, -0.1) is 0 Å². The number of ether oxygens (including phenoxy) is 4. The summed E-state index contributed by atoms with van der Waals surface area (Å²) in [5.41, 5.74) is 0. The molecule has 4 N–H and O–H groups in total. The SMILES string of the molecule is CCCCC(CC)COCC(O)CN(CCN(CC(O)COCC(CC)CCCC)CC(O)COCC(CC)CCCC)CC(O)COCCC[Si](OC)(OC)OC. The van der Waals surface area contributed by atoms with E-state index in [0.29, 0.717) is 89.4 Å². The van der Waals surface area contributed by atoms with Crippen molar-refractivity contribution in [1.29, 1.82) is 0 Å². The standard InChI is InChI=1S/C44H94N2O11Si/c1-10-16-20-38(13-4)31-55-35-42(48)28-45(27-41(47)34-54-25-19-26-58(51-7,52-8)53-9)23-24-46(29-43(49)36-56-32-39(14-5)21-17-11-2)30-44(50)37-57-33-40(15-6)22-18-12-3/h38-44,47-50H,10-37H2,1-9H3. The Morgan fingerprint density at radius 1 is 0.431 bits per heavy atom. The van der Waals surface area contributed by atoms with Crippen molar-refractivity contribution in [3.63, 3.8) is 0 Å². The van der Waals surface area contributed by atoms with Gasteiger partial charge in [0.25, 0.3) is 0 Å². The number of unbranched alkanes of at least 4 members (excludes halogenated alkanes) is 3. The first-order valence-corrected chi connectivity index (χ1v) is 25.0. The van der Waals surface area contributed by atoms with Crippen LogP contribution in [0.15, 0.2) is 0 Å². The van der Waals surface area contributed by atoms with E-state index in [1.54, 1.807) is 21.3 Å². The Hall–Kier alpha value is -0.303. The molecule has 0 fully saturated rings. The normalized spacial score (nSPS) is 16.2. The maximum atomic E-state index is 11.1. The Bertz CT molecular complexity index is 843. The molecule has 13 nitrogen and oxygen atoms in total. The predicted octanol–water partition coefficient (Wildman–Crippen LogP) is 6.02. The first-order chi connectivity index (χ1) is 28.0. The minimum atomic E-state index is -2.70. The Labute approximate surface area is 357 Å². The van der Waals surface area contributed by atoms with Gasteiger partial charge in [0, 0.05) is 93.1 Å². The third-order valence-electron chi connectivity index (χ3n) is 11.2. The molecule has 0 spiro atoms. The van der Waals surface area contributed by atoms with Crippen LogP contribution in [-0.2, 0) is 32.2 Å². The van der Waals surface area contributed by atoms with E-state index in [0.717, 1.165) is 57.8 Å². The Morgan fingerprint density at radius 2 is 0.741 bits per heavy atom. The quantitative estimate of drug-likeness (QED) is 0.0419. The van der Waals surface area contributed by atoms with E-state index >= 15 is 0 Å². The molecule has 0 aliphatic carbocycles. The third-order valence-corrected chi connectivity index (χ3v) is 14.1. The van der Waals surface area contributed by atoms with E-state index in [4.69, 9.17) is 32.2 Å². The fourth-order valence-electron chi connectivity index (χ4n) is 7.17. The van der Waals surface area contributed by atoms with Crippen molar-refractivity contribution < 1.29 is 52.7 Å². The van der Waals surface area contributed by atoms with Crippen LogP contribution in [0.3, 0.4) is 0 Å². The van der Waals surface area contributed by atoms with Crippen molar-refractivity contribution >= 4 is 8.80 Å². The summed E-state index contributed by atoms with van der Waals surface area (Å²) in [5, 5.41) is 44.5. The van der Waals surface area contributed by atoms with Crippen molar-refractivity contribution in [2.24, 2.45) is 17.8 Å². The van der Waals surface area contributed by atoms with Gasteiger partial charge in [0.05, 0.1) is 50.8 Å². The molecule has 14 heteroatoms. The van der Waals surface area contributed by atoms with Gasteiger partial charge in [-0.05, 0) is 43.4 Å². The zero-order valence-electron chi connectivity index (χ0n) is 38.9. The molecule has 350 valence electrons. The summed E-state index contributed by atoms with van der Waals surface area (Å²) in [7, 11) is 2.07. The van der Waals surface area contributed by atoms with E-state index in [9.17, 15) is 20.4 Å². The molecule has 0 amide bonds. The molecule has 58 heavy (non-hydrogen) atoms. The van der Waals surface area contributed by atoms with Crippen molar-refractivity contribution in [2.75, 3.05) is 113 Å². The molecule has 7 unspecified atom stereocenters. The Balaban J connectivity index is 5.70. The number of aliphatic hydroxyl groups excluding tert-OH is 4. The average Bonchev–Trinajstić information content (AvgIpc) is 3.22. The topological polar surface area (TPSA) is 152 Å². The number of rotatable bonds is 44. The zero-order valence-corrected chi connectivity index (χ0v) is 39.9. The fourth-order valence-corrected chi connectivity index (χ4v) is 8.86. The van der Waals surface area contributed by atoms with E-state index in [2.05, 4.69) is 41.5 Å². The van der Waals surface area contributed by atoms with E-state index in [1.165, 1.54) is 19.3 Å². The van der Waals surface area contributed by atoms with Crippen LogP contribution in [0.1, 0.15) is 125 Å². The van der Waals surface area contributed by atoms with Crippen molar-refractivity contribution in [3.8, 4) is 0 Å². The van der Waals surface area contributed by atoms with Gasteiger partial charge in [0.15, 0.2) is 0 Å². The summed E-state index contributed by atoms with van der Waals surface area (Å²) >= 11 is 0. The second-order valence-corrected chi connectivity index (χ2v) is 19.6. The molecule has 0 heterocycles. The molecule has 0 aromatic rings. The monoisotopic (exact) mass is 855 g/mol. The fraction of sp³-hybridized carbons (Fsp3) is 1.00. The van der Waals surface area contributed by atoms with Crippen LogP contribution < -0.4 is 0 Å². The van der Waals surface area contributed by atoms with Gasteiger partial charge in [-0.3, -0.25) is 9.80 Å². The van der Waals surface area contributed by atoms with Crippen LogP contribution in [0.4, 0.5) is 0 Å². The zero-order chi connectivity index (χ0) is 43.4. The summed E-state index contributed by atoms with van der Waals surface area (Å²) in [6, 6.07) is 0.599. The molecular formula is C44H94N2O11Si. The molecule has 0 aliphatic rings. The van der Waals surface area contributed by atoms with Crippen LogP contribution in [-0.4, -0.2) is 177 Å². The van der Waals surface area contributed by atoms with E-state index in [1.807, 2.05) is 9.80 Å². The lowest BCUT2D eigenvalue weighted by Crippen LogP contribution is -2.47. The number of aliphatic hydroxyl groups is 4. The van der Waals surface area contributed by atoms with Gasteiger partial charge in [0.1, 0.15) is 0 Å². The maximum Gasteiger partial charge on any atom is 0.500 e. The predicted molar refractivity (Wildman–Crippen MR) is 236 cm³/mol. The summed E-state index contributed by atoms with van der Waals surface area (Å²) in [5.74, 6) is 1.43. The Kier molecular flexibility index (Phi) is 38.2. The van der Waals surface area contributed by atoms with Crippen molar-refractivity contribution in [2.45, 2.75) is 155 Å². The number of nitrogens with zero attached hydrogens (tertiary/aromatic N) is 2. The lowest BCUT2D eigenvalue weighted by atomic mass is 10.0. The minimum Gasteiger partial charge on any atom is -0.389 e. The van der Waals surface area contributed by atoms with E-state index < -0.39 is 33.2 Å². The van der Waals surface area contributed by atoms with Gasteiger partial charge < -0.3 is 52.7 Å². The maximum absolute atomic E-state index is 11.1. The van der Waals surface area contributed by atoms with Gasteiger partial charge in [-0.1, -0.05) is 99.3 Å². The summed E-state index contributed by atoms with van der Waals surface area (Å²) < 4.78 is 40.4. The van der Waals surface area contributed by atoms with Crippen LogP contribution >= 0.6 is 0 Å². The second kappa shape index (κ2) is 38.4. The average molecular weight is 855 g/mol. The molecular weight excluding hydrogens is 761 g/mol. The molecule has 0 saturated heterocycles. The van der Waals surface area contributed by atoms with Gasteiger partial charge in [-0.2, -0.15) is 0 Å². The molecule has 0 aromatic carbocycles. The van der Waals surface area contributed by atoms with Gasteiger partial charge in [0.2, 0.25) is 0 Å². The highest BCUT2D eigenvalue weighted by atomic mass is 28.4. The molecule has 0 aromatic heterocycles.